The number of halogens is 2. The summed E-state index contributed by atoms with van der Waals surface area (Å²) in [5.74, 6) is 0.000517. The highest BCUT2D eigenvalue weighted by atomic mass is 79.9. The van der Waals surface area contributed by atoms with Crippen LogP contribution in [0.15, 0.2) is 68.4 Å². The van der Waals surface area contributed by atoms with E-state index in [1.165, 1.54) is 21.9 Å². The van der Waals surface area contributed by atoms with Gasteiger partial charge in [0, 0.05) is 118 Å². The molecule has 0 spiro atoms. The van der Waals surface area contributed by atoms with E-state index in [1.807, 2.05) is 32.0 Å². The van der Waals surface area contributed by atoms with Gasteiger partial charge >= 0.3 is 5.76 Å². The normalized spacial score (nSPS) is 18.7. The zero-order valence-corrected chi connectivity index (χ0v) is 44.0. The standard InChI is InChI=1S/C52H62BrFN11O6P/c1-6-32-24-38(58-51-55-27-36(53)49(60-51)57-39-25-37(54)46-35(48(39)72(4,5)69)13-12-33(7-2)56-46)44(70-8-3)26-43(32)63-18-16-34(17-19-63)62-22-20-61(21-23-62)28-31-29-64(30-31)40-10-9-11-41-47(40)71-52(68)65(41)42-14-15-45(66)59-50(42)67/h9-13,24-27,31,34,42H,6-8,14-23,28-30H2,1-5H3,(H,59,66,67)(H2,55,57,58,60). The third-order valence-electron chi connectivity index (χ3n) is 14.6. The van der Waals surface area contributed by atoms with Crippen LogP contribution in [-0.2, 0) is 27.0 Å². The largest absolute Gasteiger partial charge is 0.492 e. The van der Waals surface area contributed by atoms with Crippen LogP contribution in [0.3, 0.4) is 0 Å². The molecule has 4 aliphatic rings. The van der Waals surface area contributed by atoms with Crippen molar-refractivity contribution in [3.05, 3.63) is 86.8 Å². The quantitative estimate of drug-likeness (QED) is 0.0669. The Hall–Kier alpha value is -5.88. The van der Waals surface area contributed by atoms with Crippen molar-refractivity contribution in [3.8, 4) is 5.75 Å². The van der Waals surface area contributed by atoms with Crippen LogP contribution in [0.25, 0.3) is 22.0 Å². The first-order valence-corrected chi connectivity index (χ1v) is 28.6. The number of fused-ring (bicyclic) bond motifs is 2. The number of piperidine rings is 2. The molecule has 1 atom stereocenters. The third-order valence-corrected chi connectivity index (χ3v) is 16.8. The lowest BCUT2D eigenvalue weighted by atomic mass is 9.97. The summed E-state index contributed by atoms with van der Waals surface area (Å²) in [5, 5.41) is 10.0. The van der Waals surface area contributed by atoms with Gasteiger partial charge in [0.2, 0.25) is 17.8 Å². The van der Waals surface area contributed by atoms with Gasteiger partial charge < -0.3 is 39.1 Å². The predicted octanol–water partition coefficient (Wildman–Crippen LogP) is 7.79. The molecule has 6 aromatic rings. The van der Waals surface area contributed by atoms with E-state index in [0.29, 0.717) is 74.5 Å². The Bertz CT molecular complexity index is 3160. The van der Waals surface area contributed by atoms with E-state index < -0.39 is 30.7 Å². The highest BCUT2D eigenvalue weighted by Crippen LogP contribution is 2.43. The molecule has 3 N–H and O–H groups in total. The number of piperazine rings is 1. The maximum absolute atomic E-state index is 15.7. The molecule has 4 saturated heterocycles. The summed E-state index contributed by atoms with van der Waals surface area (Å²) in [6, 6.07) is 14.7. The van der Waals surface area contributed by atoms with Crippen molar-refractivity contribution in [1.29, 1.82) is 0 Å². The van der Waals surface area contributed by atoms with E-state index in [9.17, 15) is 18.9 Å². The fourth-order valence-electron chi connectivity index (χ4n) is 11.0. The summed E-state index contributed by atoms with van der Waals surface area (Å²) in [5.41, 5.74) is 6.33. The van der Waals surface area contributed by atoms with Crippen molar-refractivity contribution >= 4 is 96.7 Å². The molecule has 1 unspecified atom stereocenters. The van der Waals surface area contributed by atoms with Crippen LogP contribution in [0.1, 0.15) is 63.8 Å². The number of oxazole rings is 1. The Balaban J connectivity index is 0.748. The first-order valence-electron chi connectivity index (χ1n) is 25.2. The first kappa shape index (κ1) is 49.7. The zero-order chi connectivity index (χ0) is 50.4. The number of para-hydroxylation sites is 1. The molecule has 380 valence electrons. The minimum atomic E-state index is -2.93. The number of carbonyl (C=O) groups is 2. The van der Waals surface area contributed by atoms with E-state index in [4.69, 9.17) is 14.1 Å². The molecular weight excluding hydrogens is 1000 g/mol. The van der Waals surface area contributed by atoms with Crippen LogP contribution < -0.4 is 41.5 Å². The molecule has 0 radical (unpaired) electrons. The number of amides is 2. The Labute approximate surface area is 426 Å². The molecule has 20 heteroatoms. The van der Waals surface area contributed by atoms with Crippen molar-refractivity contribution in [2.75, 3.05) is 99.3 Å². The number of nitrogens with one attached hydrogen (secondary N) is 3. The Kier molecular flexibility index (Phi) is 14.2. The van der Waals surface area contributed by atoms with Gasteiger partial charge in [-0.3, -0.25) is 24.4 Å². The number of ether oxygens (including phenoxy) is 1. The number of anilines is 6. The second-order valence-electron chi connectivity index (χ2n) is 19.7. The van der Waals surface area contributed by atoms with Gasteiger partial charge in [-0.15, -0.1) is 0 Å². The number of carbonyl (C=O) groups excluding carboxylic acids is 2. The van der Waals surface area contributed by atoms with E-state index in [0.717, 1.165) is 95.2 Å². The van der Waals surface area contributed by atoms with Gasteiger partial charge in [-0.05, 0) is 98.1 Å². The topological polar surface area (TPSA) is 183 Å². The predicted molar refractivity (Wildman–Crippen MR) is 284 cm³/mol. The van der Waals surface area contributed by atoms with Crippen LogP contribution in [-0.4, -0.2) is 126 Å². The fraction of sp³-hybridized carbons (Fsp3) is 0.462. The molecule has 0 saturated carbocycles. The summed E-state index contributed by atoms with van der Waals surface area (Å²) in [7, 11) is -2.93. The average molecular weight is 1070 g/mol. The van der Waals surface area contributed by atoms with Crippen molar-refractivity contribution in [2.24, 2.45) is 5.92 Å². The van der Waals surface area contributed by atoms with E-state index >= 15 is 4.39 Å². The van der Waals surface area contributed by atoms with Gasteiger partial charge in [0.15, 0.2) is 11.4 Å². The van der Waals surface area contributed by atoms with E-state index in [1.54, 1.807) is 31.7 Å². The van der Waals surface area contributed by atoms with Crippen molar-refractivity contribution in [1.82, 2.24) is 34.6 Å². The van der Waals surface area contributed by atoms with E-state index in [-0.39, 0.29) is 24.3 Å². The number of aryl methyl sites for hydroxylation is 2. The van der Waals surface area contributed by atoms with Gasteiger partial charge in [0.25, 0.3) is 0 Å². The number of pyridine rings is 1. The molecule has 4 aliphatic heterocycles. The average Bonchev–Trinajstić information content (AvgIpc) is 3.69. The SMILES string of the molecule is CCOc1cc(N2CCC(N3CCN(CC4CN(c5cccc6c5oc(=O)n6C5CCC(=O)NC5=O)C4)CC3)CC2)c(CC)cc1Nc1ncc(Br)c(Nc2cc(F)c3nc(CC)ccc3c2P(C)(C)=O)n1. The van der Waals surface area contributed by atoms with Gasteiger partial charge in [-0.2, -0.15) is 4.98 Å². The van der Waals surface area contributed by atoms with Crippen LogP contribution in [0, 0.1) is 11.7 Å². The summed E-state index contributed by atoms with van der Waals surface area (Å²) in [4.78, 5) is 61.3. The molecule has 10 rings (SSSR count). The lowest BCUT2D eigenvalue weighted by Gasteiger charge is -2.46. The molecule has 2 amide bonds. The molecule has 3 aromatic carbocycles. The van der Waals surface area contributed by atoms with Crippen LogP contribution in [0.2, 0.25) is 0 Å². The molecule has 4 fully saturated rings. The van der Waals surface area contributed by atoms with Crippen LogP contribution in [0.4, 0.5) is 38.9 Å². The van der Waals surface area contributed by atoms with Crippen LogP contribution in [0.5, 0.6) is 5.75 Å². The van der Waals surface area contributed by atoms with Gasteiger partial charge in [0.1, 0.15) is 30.3 Å². The molecule has 3 aromatic heterocycles. The van der Waals surface area contributed by atoms with Crippen molar-refractivity contribution in [2.45, 2.75) is 71.4 Å². The van der Waals surface area contributed by atoms with Gasteiger partial charge in [-0.1, -0.05) is 26.0 Å². The molecule has 0 aliphatic carbocycles. The van der Waals surface area contributed by atoms with E-state index in [2.05, 4.69) is 80.5 Å². The highest BCUT2D eigenvalue weighted by molar-refractivity contribution is 9.10. The van der Waals surface area contributed by atoms with Crippen molar-refractivity contribution < 1.29 is 27.7 Å². The fourth-order valence-corrected chi connectivity index (χ4v) is 12.8. The number of aromatic nitrogens is 4. The molecule has 0 bridgehead atoms. The lowest BCUT2D eigenvalue weighted by Crippen LogP contribution is -2.57. The Morgan fingerprint density at radius 3 is 2.38 bits per heavy atom. The van der Waals surface area contributed by atoms with Gasteiger partial charge in [0.05, 0.1) is 33.7 Å². The summed E-state index contributed by atoms with van der Waals surface area (Å²) in [6.45, 7) is 18.7. The number of rotatable bonds is 15. The molecule has 7 heterocycles. The Morgan fingerprint density at radius 1 is 0.889 bits per heavy atom. The summed E-state index contributed by atoms with van der Waals surface area (Å²) >= 11 is 3.57. The minimum Gasteiger partial charge on any atom is -0.492 e. The minimum absolute atomic E-state index is 0.183. The smallest absolute Gasteiger partial charge is 0.420 e. The maximum Gasteiger partial charge on any atom is 0.420 e. The second kappa shape index (κ2) is 20.6. The highest BCUT2D eigenvalue weighted by Gasteiger charge is 2.36. The monoisotopic (exact) mass is 1070 g/mol. The summed E-state index contributed by atoms with van der Waals surface area (Å²) in [6.07, 6.45) is 5.70. The zero-order valence-electron chi connectivity index (χ0n) is 41.5. The number of nitrogens with zero attached hydrogens (tertiary/aromatic N) is 8. The van der Waals surface area contributed by atoms with Crippen molar-refractivity contribution in [3.63, 3.8) is 0 Å². The third kappa shape index (κ3) is 9.96. The maximum atomic E-state index is 15.7. The molecule has 72 heavy (non-hydrogen) atoms. The number of hydrogen-bond donors (Lipinski definition) is 3. The molecular formula is C52H62BrFN11O6P. The van der Waals surface area contributed by atoms with Gasteiger partial charge in [-0.25, -0.2) is 19.2 Å². The Morgan fingerprint density at radius 2 is 1.67 bits per heavy atom. The number of benzene rings is 3. The van der Waals surface area contributed by atoms with Crippen LogP contribution >= 0.6 is 23.1 Å². The second-order valence-corrected chi connectivity index (χ2v) is 23.7. The number of hydrogen-bond acceptors (Lipinski definition) is 15. The lowest BCUT2D eigenvalue weighted by molar-refractivity contribution is -0.135. The molecule has 17 nitrogen and oxygen atoms in total. The summed E-state index contributed by atoms with van der Waals surface area (Å²) < 4.78 is 43.4. The number of imide groups is 1. The first-order chi connectivity index (χ1) is 34.7.